The van der Waals surface area contributed by atoms with Crippen molar-refractivity contribution < 1.29 is 19.7 Å². The molecule has 1 amide bonds. The molecule has 1 rings (SSSR count). The van der Waals surface area contributed by atoms with Gasteiger partial charge in [0, 0.05) is 19.2 Å². The van der Waals surface area contributed by atoms with Crippen molar-refractivity contribution in [2.75, 3.05) is 19.7 Å². The first-order valence-electron chi connectivity index (χ1n) is 15.9. The van der Waals surface area contributed by atoms with Crippen molar-refractivity contribution in [3.8, 4) is 11.5 Å². The van der Waals surface area contributed by atoms with Crippen LogP contribution in [0.2, 0.25) is 0 Å². The van der Waals surface area contributed by atoms with Gasteiger partial charge in [0.2, 0.25) is 0 Å². The third-order valence-corrected chi connectivity index (χ3v) is 6.92. The van der Waals surface area contributed by atoms with Crippen LogP contribution in [-0.4, -0.2) is 40.9 Å². The van der Waals surface area contributed by atoms with Gasteiger partial charge in [0.05, 0.1) is 6.61 Å². The maximum Gasteiger partial charge on any atom is 0.409 e. The van der Waals surface area contributed by atoms with E-state index in [9.17, 15) is 4.79 Å². The Hall–Kier alpha value is -1.91. The summed E-state index contributed by atoms with van der Waals surface area (Å²) in [6.07, 6.45) is 26.5. The third-order valence-electron chi connectivity index (χ3n) is 6.92. The van der Waals surface area contributed by atoms with Gasteiger partial charge in [0.1, 0.15) is 11.5 Å². The van der Waals surface area contributed by atoms with Gasteiger partial charge < -0.3 is 19.8 Å². The molecule has 222 valence electrons. The number of rotatable bonds is 23. The van der Waals surface area contributed by atoms with Gasteiger partial charge in [0.25, 0.3) is 0 Å². The average Bonchev–Trinajstić information content (AvgIpc) is 2.90. The zero-order valence-electron chi connectivity index (χ0n) is 25.2. The van der Waals surface area contributed by atoms with E-state index in [0.29, 0.717) is 6.61 Å². The first kappa shape index (κ1) is 36.1. The number of ether oxygens (including phenoxy) is 1. The molecule has 1 aromatic rings. The Balaban J connectivity index is 0.00000144. The Morgan fingerprint density at radius 1 is 0.605 bits per heavy atom. The fraction of sp³-hybridized carbons (Fsp3) is 0.788. The van der Waals surface area contributed by atoms with Crippen molar-refractivity contribution >= 4 is 6.09 Å². The summed E-state index contributed by atoms with van der Waals surface area (Å²) in [4.78, 5) is 14.2. The van der Waals surface area contributed by atoms with Crippen LogP contribution in [0.4, 0.5) is 4.79 Å². The van der Waals surface area contributed by atoms with Gasteiger partial charge in [-0.15, -0.1) is 0 Å². The van der Waals surface area contributed by atoms with E-state index >= 15 is 0 Å². The first-order chi connectivity index (χ1) is 18.5. The average molecular weight is 536 g/mol. The predicted molar refractivity (Wildman–Crippen MR) is 162 cm³/mol. The minimum Gasteiger partial charge on any atom is -0.508 e. The van der Waals surface area contributed by atoms with Crippen molar-refractivity contribution in [2.45, 2.75) is 149 Å². The lowest BCUT2D eigenvalue weighted by Crippen LogP contribution is -2.33. The second-order valence-corrected chi connectivity index (χ2v) is 10.6. The van der Waals surface area contributed by atoms with Crippen molar-refractivity contribution in [1.29, 1.82) is 0 Å². The highest BCUT2D eigenvalue weighted by atomic mass is 16.6. The minimum absolute atomic E-state index is 0.0880. The largest absolute Gasteiger partial charge is 0.508 e. The lowest BCUT2D eigenvalue weighted by molar-refractivity contribution is 0.105. The van der Waals surface area contributed by atoms with E-state index in [-0.39, 0.29) is 17.6 Å². The van der Waals surface area contributed by atoms with Gasteiger partial charge in [-0.1, -0.05) is 135 Å². The fourth-order valence-corrected chi connectivity index (χ4v) is 4.58. The summed E-state index contributed by atoms with van der Waals surface area (Å²) in [5, 5.41) is 17.3. The minimum atomic E-state index is -0.107. The zero-order chi connectivity index (χ0) is 28.1. The molecule has 0 saturated heterocycles. The molecular formula is C33H61NO4. The number of benzene rings is 1. The molecular weight excluding hydrogens is 474 g/mol. The number of unbranched alkanes of at least 4 members (excludes halogenated alkanes) is 18. The van der Waals surface area contributed by atoms with E-state index in [2.05, 4.69) is 13.8 Å². The first-order valence-corrected chi connectivity index (χ1v) is 15.9. The molecule has 0 heterocycles. The van der Waals surface area contributed by atoms with Gasteiger partial charge >= 0.3 is 6.09 Å². The molecule has 5 nitrogen and oxygen atoms in total. The number of nitrogens with zero attached hydrogens (tertiary/aromatic N) is 1. The Morgan fingerprint density at radius 3 is 1.24 bits per heavy atom. The smallest absolute Gasteiger partial charge is 0.409 e. The van der Waals surface area contributed by atoms with Crippen molar-refractivity contribution in [3.05, 3.63) is 24.3 Å². The number of carbonyl (C=O) groups excluding carboxylic acids is 1. The number of hydrogen-bond acceptors (Lipinski definition) is 4. The maximum atomic E-state index is 12.2. The van der Waals surface area contributed by atoms with E-state index < -0.39 is 0 Å². The molecule has 0 atom stereocenters. The third kappa shape index (κ3) is 24.4. The van der Waals surface area contributed by atoms with Crippen LogP contribution in [0.15, 0.2) is 24.3 Å². The van der Waals surface area contributed by atoms with E-state index in [1.54, 1.807) is 6.07 Å². The van der Waals surface area contributed by atoms with Crippen LogP contribution in [-0.2, 0) is 4.74 Å². The Labute approximate surface area is 235 Å². The van der Waals surface area contributed by atoms with Crippen molar-refractivity contribution in [2.24, 2.45) is 0 Å². The highest BCUT2D eigenvalue weighted by molar-refractivity contribution is 5.67. The summed E-state index contributed by atoms with van der Waals surface area (Å²) in [7, 11) is 0. The van der Waals surface area contributed by atoms with Gasteiger partial charge in [-0.2, -0.15) is 0 Å². The Bertz CT molecular complexity index is 596. The van der Waals surface area contributed by atoms with Crippen molar-refractivity contribution in [3.63, 3.8) is 0 Å². The molecule has 0 aliphatic heterocycles. The normalized spacial score (nSPS) is 10.6. The number of phenolic OH excluding ortho intramolecular Hbond substituents is 2. The number of carbonyl (C=O) groups is 1. The van der Waals surface area contributed by atoms with Crippen LogP contribution in [0, 0.1) is 0 Å². The van der Waals surface area contributed by atoms with Crippen LogP contribution >= 0.6 is 0 Å². The van der Waals surface area contributed by atoms with E-state index in [1.807, 2.05) is 11.8 Å². The van der Waals surface area contributed by atoms with Crippen LogP contribution in [0.3, 0.4) is 0 Å². The molecule has 5 heteroatoms. The topological polar surface area (TPSA) is 70.0 Å². The molecule has 0 aromatic heterocycles. The predicted octanol–water partition coefficient (Wildman–Crippen LogP) is 10.4. The Kier molecular flexibility index (Phi) is 26.7. The molecule has 0 aliphatic carbocycles. The molecule has 0 unspecified atom stereocenters. The number of phenols is 2. The van der Waals surface area contributed by atoms with Crippen LogP contribution < -0.4 is 0 Å². The number of hydrogen-bond donors (Lipinski definition) is 2. The Morgan fingerprint density at radius 2 is 0.947 bits per heavy atom. The lowest BCUT2D eigenvalue weighted by Gasteiger charge is -2.22. The van der Waals surface area contributed by atoms with Gasteiger partial charge in [-0.3, -0.25) is 0 Å². The molecule has 0 fully saturated rings. The molecule has 38 heavy (non-hydrogen) atoms. The summed E-state index contributed by atoms with van der Waals surface area (Å²) in [6.45, 7) is 8.66. The van der Waals surface area contributed by atoms with Gasteiger partial charge in [0.15, 0.2) is 0 Å². The monoisotopic (exact) mass is 535 g/mol. The SMILES string of the molecule is CCCCCCCCCCCCN(CCCCCCCCCCCC)C(=O)OCC.Oc1cccc(O)c1. The quantitative estimate of drug-likeness (QED) is 0.137. The fourth-order valence-electron chi connectivity index (χ4n) is 4.58. The second-order valence-electron chi connectivity index (χ2n) is 10.6. The highest BCUT2D eigenvalue weighted by Gasteiger charge is 2.13. The lowest BCUT2D eigenvalue weighted by atomic mass is 10.1. The maximum absolute atomic E-state index is 12.2. The van der Waals surface area contributed by atoms with E-state index in [0.717, 1.165) is 25.9 Å². The summed E-state index contributed by atoms with van der Waals surface area (Å²) in [5.41, 5.74) is 0. The van der Waals surface area contributed by atoms with Gasteiger partial charge in [-0.05, 0) is 31.9 Å². The standard InChI is InChI=1S/C27H55NO2.C6H6O2/c1-4-7-9-11-13-15-17-19-21-23-25-28(27(29)30-6-3)26-24-22-20-18-16-14-12-10-8-5-2;7-5-2-1-3-6(8)4-5/h4-26H2,1-3H3;1-4,7-8H. The number of aromatic hydroxyl groups is 2. The molecule has 0 saturated carbocycles. The van der Waals surface area contributed by atoms with E-state index in [1.165, 1.54) is 134 Å². The highest BCUT2D eigenvalue weighted by Crippen LogP contribution is 2.15. The van der Waals surface area contributed by atoms with Crippen LogP contribution in [0.25, 0.3) is 0 Å². The summed E-state index contributed by atoms with van der Waals surface area (Å²) in [5.74, 6) is 0.176. The van der Waals surface area contributed by atoms with Crippen LogP contribution in [0.5, 0.6) is 11.5 Å². The molecule has 0 bridgehead atoms. The summed E-state index contributed by atoms with van der Waals surface area (Å²) in [6, 6.07) is 5.85. The number of amides is 1. The second kappa shape index (κ2) is 28.1. The van der Waals surface area contributed by atoms with Crippen molar-refractivity contribution in [1.82, 2.24) is 4.90 Å². The molecule has 0 aliphatic rings. The molecule has 2 N–H and O–H groups in total. The van der Waals surface area contributed by atoms with Gasteiger partial charge in [-0.25, -0.2) is 4.79 Å². The molecule has 0 spiro atoms. The van der Waals surface area contributed by atoms with Crippen LogP contribution in [0.1, 0.15) is 149 Å². The molecule has 1 aromatic carbocycles. The summed E-state index contributed by atoms with van der Waals surface area (Å²) >= 11 is 0. The summed E-state index contributed by atoms with van der Waals surface area (Å²) < 4.78 is 5.28. The van der Waals surface area contributed by atoms with E-state index in [4.69, 9.17) is 14.9 Å². The zero-order valence-corrected chi connectivity index (χ0v) is 25.2. The molecule has 0 radical (unpaired) electrons.